The molecule has 4 unspecified atom stereocenters. The van der Waals surface area contributed by atoms with Crippen LogP contribution < -0.4 is 0 Å². The molecular weight excluding hydrogens is 294 g/mol. The average Bonchev–Trinajstić information content (AvgIpc) is 2.98. The summed E-state index contributed by atoms with van der Waals surface area (Å²) >= 11 is 0. The second-order valence-corrected chi connectivity index (χ2v) is 7.56. The van der Waals surface area contributed by atoms with Crippen molar-refractivity contribution in [3.05, 3.63) is 39.9 Å². The van der Waals surface area contributed by atoms with E-state index in [1.165, 1.54) is 12.1 Å². The van der Waals surface area contributed by atoms with E-state index in [2.05, 4.69) is 0 Å². The van der Waals surface area contributed by atoms with Crippen LogP contribution in [-0.2, 0) is 14.3 Å². The molecule has 0 radical (unpaired) electrons. The van der Waals surface area contributed by atoms with Gasteiger partial charge in [-0.3, -0.25) is 14.3 Å². The van der Waals surface area contributed by atoms with E-state index in [4.69, 9.17) is 4.18 Å². The Morgan fingerprint density at radius 2 is 1.86 bits per heavy atom. The number of nitrogens with zero attached hydrogens (tertiary/aromatic N) is 1. The number of hydrogen-bond acceptors (Lipinski definition) is 5. The molecule has 0 amide bonds. The Kier molecular flexibility index (Phi) is 3.49. The number of hydrogen-bond donors (Lipinski definition) is 0. The van der Waals surface area contributed by atoms with Gasteiger partial charge in [-0.05, 0) is 37.8 Å². The molecule has 2 fully saturated rings. The predicted octanol–water partition coefficient (Wildman–Crippen LogP) is 2.14. The molecule has 3 rings (SSSR count). The van der Waals surface area contributed by atoms with E-state index in [-0.39, 0.29) is 21.7 Å². The van der Waals surface area contributed by atoms with Crippen LogP contribution in [0.15, 0.2) is 29.2 Å². The van der Waals surface area contributed by atoms with Gasteiger partial charge in [-0.1, -0.05) is 17.7 Å². The zero-order valence-corrected chi connectivity index (χ0v) is 12.5. The van der Waals surface area contributed by atoms with Crippen molar-refractivity contribution in [1.82, 2.24) is 0 Å². The first kappa shape index (κ1) is 14.5. The molecular formula is C14H17NO5S. The van der Waals surface area contributed by atoms with Crippen molar-refractivity contribution >= 4 is 10.1 Å². The zero-order chi connectivity index (χ0) is 15.2. The molecule has 2 aliphatic carbocycles. The van der Waals surface area contributed by atoms with Gasteiger partial charge in [0.25, 0.3) is 10.1 Å². The van der Waals surface area contributed by atoms with Gasteiger partial charge in [-0.15, -0.1) is 0 Å². The monoisotopic (exact) mass is 311 g/mol. The normalized spacial score (nSPS) is 31.5. The second kappa shape index (κ2) is 5.06. The average molecular weight is 311 g/mol. The third kappa shape index (κ3) is 2.67. The molecule has 1 aromatic rings. The number of aryl methyl sites for hydroxylation is 1. The molecule has 0 aliphatic heterocycles. The SMILES string of the molecule is Cc1ccc(S(=O)(=O)OC2CC3CC2C([N+](=O)[O-])C3)cc1. The number of benzene rings is 1. The highest BCUT2D eigenvalue weighted by Gasteiger charge is 2.54. The van der Waals surface area contributed by atoms with Crippen molar-refractivity contribution in [2.24, 2.45) is 11.8 Å². The van der Waals surface area contributed by atoms with E-state index >= 15 is 0 Å². The van der Waals surface area contributed by atoms with Gasteiger partial charge in [-0.2, -0.15) is 8.42 Å². The molecule has 0 spiro atoms. The van der Waals surface area contributed by atoms with E-state index in [1.807, 2.05) is 6.92 Å². The van der Waals surface area contributed by atoms with Crippen molar-refractivity contribution in [3.63, 3.8) is 0 Å². The van der Waals surface area contributed by atoms with Crippen LogP contribution in [-0.4, -0.2) is 25.5 Å². The summed E-state index contributed by atoms with van der Waals surface area (Å²) < 4.78 is 29.8. The maximum atomic E-state index is 12.3. The molecule has 114 valence electrons. The molecule has 0 heterocycles. The largest absolute Gasteiger partial charge is 0.297 e. The Balaban J connectivity index is 1.77. The van der Waals surface area contributed by atoms with Gasteiger partial charge >= 0.3 is 0 Å². The molecule has 0 aromatic heterocycles. The van der Waals surface area contributed by atoms with Crippen LogP contribution in [0.1, 0.15) is 24.8 Å². The van der Waals surface area contributed by atoms with Gasteiger partial charge in [-0.25, -0.2) is 0 Å². The highest BCUT2D eigenvalue weighted by molar-refractivity contribution is 7.86. The van der Waals surface area contributed by atoms with Crippen LogP contribution in [0, 0.1) is 28.9 Å². The Hall–Kier alpha value is -1.47. The Morgan fingerprint density at radius 3 is 2.43 bits per heavy atom. The van der Waals surface area contributed by atoms with Crippen LogP contribution in [0.3, 0.4) is 0 Å². The summed E-state index contributed by atoms with van der Waals surface area (Å²) in [6.07, 6.45) is 1.27. The molecule has 2 aliphatic rings. The fraction of sp³-hybridized carbons (Fsp3) is 0.571. The van der Waals surface area contributed by atoms with Gasteiger partial charge in [0.05, 0.1) is 16.9 Å². The van der Waals surface area contributed by atoms with Gasteiger partial charge < -0.3 is 0 Å². The Morgan fingerprint density at radius 1 is 1.19 bits per heavy atom. The Bertz CT molecular complexity index is 654. The van der Waals surface area contributed by atoms with Crippen LogP contribution >= 0.6 is 0 Å². The highest BCUT2D eigenvalue weighted by atomic mass is 32.2. The molecule has 4 atom stereocenters. The van der Waals surface area contributed by atoms with E-state index in [9.17, 15) is 18.5 Å². The maximum absolute atomic E-state index is 12.3. The summed E-state index contributed by atoms with van der Waals surface area (Å²) in [5.41, 5.74) is 0.960. The quantitative estimate of drug-likeness (QED) is 0.483. The summed E-state index contributed by atoms with van der Waals surface area (Å²) in [6, 6.07) is 5.75. The molecule has 2 saturated carbocycles. The molecule has 1 aromatic carbocycles. The lowest BCUT2D eigenvalue weighted by atomic mass is 9.93. The van der Waals surface area contributed by atoms with Crippen LogP contribution in [0.25, 0.3) is 0 Å². The highest BCUT2D eigenvalue weighted by Crippen LogP contribution is 2.47. The minimum Gasteiger partial charge on any atom is -0.264 e. The topological polar surface area (TPSA) is 86.5 Å². The van der Waals surface area contributed by atoms with Crippen LogP contribution in [0.2, 0.25) is 0 Å². The summed E-state index contributed by atoms with van der Waals surface area (Å²) in [4.78, 5) is 10.8. The molecule has 0 N–H and O–H groups in total. The van der Waals surface area contributed by atoms with Crippen molar-refractivity contribution in [2.45, 2.75) is 43.2 Å². The molecule has 2 bridgehead atoms. The first-order valence-corrected chi connectivity index (χ1v) is 8.41. The lowest BCUT2D eigenvalue weighted by molar-refractivity contribution is -0.532. The minimum atomic E-state index is -3.85. The van der Waals surface area contributed by atoms with E-state index < -0.39 is 22.3 Å². The minimum absolute atomic E-state index is 0.105. The number of nitro groups is 1. The molecule has 0 saturated heterocycles. The van der Waals surface area contributed by atoms with Crippen LogP contribution in [0.4, 0.5) is 0 Å². The fourth-order valence-corrected chi connectivity index (χ4v) is 4.65. The standard InChI is InChI=1S/C14H17NO5S/c1-9-2-4-11(5-3-9)21(18,19)20-14-8-10-6-12(14)13(7-10)15(16)17/h2-5,10,12-14H,6-8H2,1H3. The van der Waals surface area contributed by atoms with E-state index in [0.29, 0.717) is 19.3 Å². The summed E-state index contributed by atoms with van der Waals surface area (Å²) in [5.74, 6) is -0.0751. The predicted molar refractivity (Wildman–Crippen MR) is 74.9 cm³/mol. The van der Waals surface area contributed by atoms with Crippen molar-refractivity contribution in [2.75, 3.05) is 0 Å². The van der Waals surface area contributed by atoms with E-state index in [1.54, 1.807) is 12.1 Å². The fourth-order valence-electron chi connectivity index (χ4n) is 3.53. The van der Waals surface area contributed by atoms with Crippen molar-refractivity contribution in [1.29, 1.82) is 0 Å². The van der Waals surface area contributed by atoms with Gasteiger partial charge in [0.1, 0.15) is 0 Å². The maximum Gasteiger partial charge on any atom is 0.297 e. The molecule has 6 nitrogen and oxygen atoms in total. The third-order valence-electron chi connectivity index (χ3n) is 4.55. The van der Waals surface area contributed by atoms with Crippen molar-refractivity contribution < 1.29 is 17.5 Å². The first-order valence-electron chi connectivity index (χ1n) is 7.00. The van der Waals surface area contributed by atoms with Gasteiger partial charge in [0.15, 0.2) is 0 Å². The van der Waals surface area contributed by atoms with Gasteiger partial charge in [0.2, 0.25) is 6.04 Å². The lowest BCUT2D eigenvalue weighted by Crippen LogP contribution is -2.37. The number of rotatable bonds is 4. The smallest absolute Gasteiger partial charge is 0.264 e. The second-order valence-electron chi connectivity index (χ2n) is 5.99. The Labute approximate surface area is 123 Å². The van der Waals surface area contributed by atoms with Crippen molar-refractivity contribution in [3.8, 4) is 0 Å². The summed E-state index contributed by atoms with van der Waals surface area (Å²) in [7, 11) is -3.85. The zero-order valence-electron chi connectivity index (χ0n) is 11.6. The number of fused-ring (bicyclic) bond motifs is 2. The first-order chi connectivity index (χ1) is 9.87. The van der Waals surface area contributed by atoms with Gasteiger partial charge in [0, 0.05) is 11.3 Å². The third-order valence-corrected chi connectivity index (χ3v) is 5.90. The summed E-state index contributed by atoms with van der Waals surface area (Å²) in [5, 5.41) is 11.0. The lowest BCUT2D eigenvalue weighted by Gasteiger charge is -2.24. The van der Waals surface area contributed by atoms with E-state index in [0.717, 1.165) is 5.56 Å². The summed E-state index contributed by atoms with van der Waals surface area (Å²) in [6.45, 7) is 1.87. The van der Waals surface area contributed by atoms with Crippen LogP contribution in [0.5, 0.6) is 0 Å². The molecule has 21 heavy (non-hydrogen) atoms. The molecule has 7 heteroatoms.